The molecule has 116 valence electrons. The van der Waals surface area contributed by atoms with Gasteiger partial charge in [0, 0.05) is 12.4 Å². The molecule has 0 spiro atoms. The standard InChI is InChI=1S/C15H19BFN3O2/c1-10-11(20-8-6-7-18-13(20)19-10)9-12(17)16-21-14(2,3)15(4,5)22-16/h6-9H,1-5H3. The van der Waals surface area contributed by atoms with E-state index in [1.54, 1.807) is 22.9 Å². The molecule has 0 N–H and O–H groups in total. The summed E-state index contributed by atoms with van der Waals surface area (Å²) >= 11 is 0. The molecule has 1 fully saturated rings. The highest BCUT2D eigenvalue weighted by Gasteiger charge is 2.53. The smallest absolute Gasteiger partial charge is 0.398 e. The number of aromatic nitrogens is 3. The van der Waals surface area contributed by atoms with E-state index in [1.807, 2.05) is 34.6 Å². The molecule has 5 nitrogen and oxygen atoms in total. The lowest BCUT2D eigenvalue weighted by molar-refractivity contribution is 0.00578. The van der Waals surface area contributed by atoms with Crippen molar-refractivity contribution < 1.29 is 13.7 Å². The first-order chi connectivity index (χ1) is 10.2. The molecule has 1 saturated heterocycles. The van der Waals surface area contributed by atoms with Crippen LogP contribution in [0, 0.1) is 6.92 Å². The highest BCUT2D eigenvalue weighted by atomic mass is 19.1. The van der Waals surface area contributed by atoms with Gasteiger partial charge in [-0.2, -0.15) is 0 Å². The SMILES string of the molecule is Cc1nc2ncccn2c1C=C(F)B1OC(C)(C)C(C)(C)O1. The van der Waals surface area contributed by atoms with E-state index >= 15 is 0 Å². The molecule has 2 aromatic heterocycles. The quantitative estimate of drug-likeness (QED) is 0.800. The largest absolute Gasteiger partial charge is 0.525 e. The van der Waals surface area contributed by atoms with Crippen molar-refractivity contribution in [2.75, 3.05) is 0 Å². The van der Waals surface area contributed by atoms with Crippen LogP contribution in [0.2, 0.25) is 0 Å². The van der Waals surface area contributed by atoms with Crippen molar-refractivity contribution in [3.63, 3.8) is 0 Å². The number of hydrogen-bond donors (Lipinski definition) is 0. The Balaban J connectivity index is 1.97. The number of halogens is 1. The van der Waals surface area contributed by atoms with Crippen LogP contribution in [0.5, 0.6) is 0 Å². The van der Waals surface area contributed by atoms with E-state index in [-0.39, 0.29) is 0 Å². The fourth-order valence-corrected chi connectivity index (χ4v) is 2.34. The second kappa shape index (κ2) is 4.89. The third-order valence-corrected chi connectivity index (χ3v) is 4.38. The van der Waals surface area contributed by atoms with Crippen LogP contribution in [0.1, 0.15) is 39.1 Å². The van der Waals surface area contributed by atoms with E-state index in [0.29, 0.717) is 17.2 Å². The van der Waals surface area contributed by atoms with Crippen molar-refractivity contribution in [3.8, 4) is 0 Å². The van der Waals surface area contributed by atoms with E-state index < -0.39 is 24.0 Å². The zero-order valence-corrected chi connectivity index (χ0v) is 13.4. The Kier molecular flexibility index (Phi) is 3.38. The predicted octanol–water partition coefficient (Wildman–Crippen LogP) is 2.98. The Morgan fingerprint density at radius 3 is 2.55 bits per heavy atom. The molecule has 0 unspecified atom stereocenters. The zero-order chi connectivity index (χ0) is 16.1. The maximum atomic E-state index is 14.6. The minimum absolute atomic E-state index is 0.479. The lowest BCUT2D eigenvalue weighted by atomic mass is 9.87. The van der Waals surface area contributed by atoms with Gasteiger partial charge in [0.1, 0.15) is 5.73 Å². The van der Waals surface area contributed by atoms with E-state index in [9.17, 15) is 4.39 Å². The molecular weight excluding hydrogens is 284 g/mol. The lowest BCUT2D eigenvalue weighted by Crippen LogP contribution is -2.41. The summed E-state index contributed by atoms with van der Waals surface area (Å²) in [5.74, 6) is 0.535. The van der Waals surface area contributed by atoms with E-state index in [2.05, 4.69) is 9.97 Å². The van der Waals surface area contributed by atoms with Crippen molar-refractivity contribution >= 4 is 19.0 Å². The summed E-state index contributed by atoms with van der Waals surface area (Å²) in [6.45, 7) is 9.39. The summed E-state index contributed by atoms with van der Waals surface area (Å²) in [4.78, 5) is 8.46. The van der Waals surface area contributed by atoms with Crippen LogP contribution in [0.3, 0.4) is 0 Å². The molecule has 0 amide bonds. The van der Waals surface area contributed by atoms with Crippen LogP contribution in [0.25, 0.3) is 11.9 Å². The summed E-state index contributed by atoms with van der Waals surface area (Å²) in [5.41, 5.74) is -0.286. The normalized spacial score (nSPS) is 20.8. The third-order valence-electron chi connectivity index (χ3n) is 4.38. The molecule has 0 aromatic carbocycles. The van der Waals surface area contributed by atoms with E-state index in [1.165, 1.54) is 6.08 Å². The van der Waals surface area contributed by atoms with Crippen LogP contribution in [0.4, 0.5) is 4.39 Å². The van der Waals surface area contributed by atoms with Crippen LogP contribution >= 0.6 is 0 Å². The monoisotopic (exact) mass is 303 g/mol. The molecule has 22 heavy (non-hydrogen) atoms. The first kappa shape index (κ1) is 15.2. The number of aryl methyl sites for hydroxylation is 1. The summed E-state index contributed by atoms with van der Waals surface area (Å²) < 4.78 is 27.8. The van der Waals surface area contributed by atoms with Gasteiger partial charge in [-0.05, 0) is 46.8 Å². The highest BCUT2D eigenvalue weighted by Crippen LogP contribution is 2.39. The number of imidazole rings is 1. The van der Waals surface area contributed by atoms with Gasteiger partial charge in [0.2, 0.25) is 5.78 Å². The Bertz CT molecular complexity index is 738. The van der Waals surface area contributed by atoms with Crippen LogP contribution in [-0.2, 0) is 9.31 Å². The lowest BCUT2D eigenvalue weighted by Gasteiger charge is -2.32. The molecule has 0 saturated carbocycles. The number of rotatable bonds is 2. The van der Waals surface area contributed by atoms with Crippen molar-refractivity contribution in [1.82, 2.24) is 14.4 Å². The Hall–Kier alpha value is -1.73. The molecule has 7 heteroatoms. The number of nitrogens with zero attached hydrogens (tertiary/aromatic N) is 3. The van der Waals surface area contributed by atoms with Crippen LogP contribution < -0.4 is 0 Å². The van der Waals surface area contributed by atoms with Crippen LogP contribution in [-0.4, -0.2) is 32.7 Å². The highest BCUT2D eigenvalue weighted by molar-refractivity contribution is 6.54. The van der Waals surface area contributed by atoms with Gasteiger partial charge in [-0.25, -0.2) is 14.4 Å². The van der Waals surface area contributed by atoms with Gasteiger partial charge in [-0.1, -0.05) is 0 Å². The topological polar surface area (TPSA) is 48.7 Å². The van der Waals surface area contributed by atoms with E-state index in [0.717, 1.165) is 0 Å². The summed E-state index contributed by atoms with van der Waals surface area (Å²) in [6, 6.07) is 1.78. The third kappa shape index (κ3) is 2.34. The summed E-state index contributed by atoms with van der Waals surface area (Å²) in [5, 5.41) is 0. The van der Waals surface area contributed by atoms with Gasteiger partial charge in [0.25, 0.3) is 0 Å². The molecule has 1 aliphatic heterocycles. The number of fused-ring (bicyclic) bond motifs is 1. The molecule has 2 aromatic rings. The molecule has 3 rings (SSSR count). The molecule has 3 heterocycles. The second-order valence-electron chi connectivity index (χ2n) is 6.49. The minimum Gasteiger partial charge on any atom is -0.398 e. The average Bonchev–Trinajstić information content (AvgIpc) is 2.84. The van der Waals surface area contributed by atoms with E-state index in [4.69, 9.17) is 9.31 Å². The van der Waals surface area contributed by atoms with Gasteiger partial charge >= 0.3 is 7.12 Å². The zero-order valence-electron chi connectivity index (χ0n) is 13.4. The summed E-state index contributed by atoms with van der Waals surface area (Å²) in [6.07, 6.45) is 4.85. The Labute approximate surface area is 129 Å². The van der Waals surface area contributed by atoms with Gasteiger partial charge in [-0.15, -0.1) is 0 Å². The maximum Gasteiger partial charge on any atom is 0.525 e. The van der Waals surface area contributed by atoms with Gasteiger partial charge in [0.15, 0.2) is 0 Å². The van der Waals surface area contributed by atoms with Gasteiger partial charge < -0.3 is 9.31 Å². The van der Waals surface area contributed by atoms with Crippen LogP contribution in [0.15, 0.2) is 24.2 Å². The molecule has 0 radical (unpaired) electrons. The fraction of sp³-hybridized carbons (Fsp3) is 0.467. The van der Waals surface area contributed by atoms with Gasteiger partial charge in [-0.3, -0.25) is 4.40 Å². The predicted molar refractivity (Wildman–Crippen MR) is 82.9 cm³/mol. The second-order valence-corrected chi connectivity index (χ2v) is 6.49. The fourth-order valence-electron chi connectivity index (χ4n) is 2.34. The minimum atomic E-state index is -1.01. The van der Waals surface area contributed by atoms with Crippen molar-refractivity contribution in [2.24, 2.45) is 0 Å². The molecule has 0 bridgehead atoms. The summed E-state index contributed by atoms with van der Waals surface area (Å²) in [7, 11) is -1.01. The van der Waals surface area contributed by atoms with Gasteiger partial charge in [0.05, 0.1) is 22.6 Å². The first-order valence-electron chi connectivity index (χ1n) is 7.24. The van der Waals surface area contributed by atoms with Crippen molar-refractivity contribution in [2.45, 2.75) is 45.8 Å². The maximum absolute atomic E-state index is 14.6. The van der Waals surface area contributed by atoms with Crippen molar-refractivity contribution in [1.29, 1.82) is 0 Å². The first-order valence-corrected chi connectivity index (χ1v) is 7.24. The molecule has 0 atom stereocenters. The molecule has 1 aliphatic rings. The Morgan fingerprint density at radius 1 is 1.27 bits per heavy atom. The molecular formula is C15H19BFN3O2. The average molecular weight is 303 g/mol. The van der Waals surface area contributed by atoms with Crippen molar-refractivity contribution in [3.05, 3.63) is 35.6 Å². The molecule has 0 aliphatic carbocycles. The Morgan fingerprint density at radius 2 is 1.91 bits per heavy atom. The number of hydrogen-bond acceptors (Lipinski definition) is 4.